The fraction of sp³-hybridized carbons (Fsp3) is 0.625. The first-order valence-electron chi connectivity index (χ1n) is 4.08. The maximum absolute atomic E-state index is 5.50. The largest absolute Gasteiger partial charge is 0.490 e. The lowest BCUT2D eigenvalue weighted by Crippen LogP contribution is -1.97. The first kappa shape index (κ1) is 9.39. The third-order valence-electron chi connectivity index (χ3n) is 1.48. The molecule has 1 rings (SSSR count). The Balaban J connectivity index is 2.31. The summed E-state index contributed by atoms with van der Waals surface area (Å²) in [7, 11) is 0. The number of rotatable bonds is 5. The molecule has 0 spiro atoms. The van der Waals surface area contributed by atoms with E-state index in [1.54, 1.807) is 6.20 Å². The zero-order valence-electron chi connectivity index (χ0n) is 7.16. The van der Waals surface area contributed by atoms with Crippen molar-refractivity contribution in [1.29, 1.82) is 0 Å². The van der Waals surface area contributed by atoms with Gasteiger partial charge in [0.15, 0.2) is 5.75 Å². The van der Waals surface area contributed by atoms with Crippen molar-refractivity contribution in [3.8, 4) is 5.75 Å². The maximum atomic E-state index is 5.50. The molecule has 0 fully saturated rings. The number of hydrogen-bond acceptors (Lipinski definition) is 2. The molecule has 0 atom stereocenters. The van der Waals surface area contributed by atoms with Gasteiger partial charge in [-0.1, -0.05) is 0 Å². The summed E-state index contributed by atoms with van der Waals surface area (Å²) in [5, 5.41) is 4.07. The van der Waals surface area contributed by atoms with E-state index >= 15 is 0 Å². The third-order valence-corrected chi connectivity index (χ3v) is 1.75. The molecule has 4 heteroatoms. The Morgan fingerprint density at radius 2 is 2.50 bits per heavy atom. The summed E-state index contributed by atoms with van der Waals surface area (Å²) in [6.45, 7) is 3.58. The second-order valence-electron chi connectivity index (χ2n) is 2.42. The second-order valence-corrected chi connectivity index (χ2v) is 2.80. The van der Waals surface area contributed by atoms with Crippen molar-refractivity contribution >= 4 is 11.6 Å². The van der Waals surface area contributed by atoms with Crippen LogP contribution in [-0.4, -0.2) is 22.3 Å². The molecular weight excluding hydrogens is 176 g/mol. The molecule has 3 nitrogen and oxygen atoms in total. The van der Waals surface area contributed by atoms with Crippen molar-refractivity contribution in [2.45, 2.75) is 19.9 Å². The summed E-state index contributed by atoms with van der Waals surface area (Å²) in [5.41, 5.74) is 0. The van der Waals surface area contributed by atoms with Gasteiger partial charge in [-0.15, -0.1) is 11.6 Å². The zero-order chi connectivity index (χ0) is 8.81. The average molecular weight is 189 g/mol. The molecule has 0 aliphatic carbocycles. The molecule has 0 saturated heterocycles. The van der Waals surface area contributed by atoms with Gasteiger partial charge in [-0.05, 0) is 13.3 Å². The average Bonchev–Trinajstić information content (AvgIpc) is 2.53. The number of halogens is 1. The SMILES string of the molecule is CCn1cc(OCCCCl)cn1. The molecule has 0 aliphatic heterocycles. The van der Waals surface area contributed by atoms with E-state index in [-0.39, 0.29) is 0 Å². The maximum Gasteiger partial charge on any atom is 0.157 e. The van der Waals surface area contributed by atoms with Gasteiger partial charge in [-0.25, -0.2) is 0 Å². The lowest BCUT2D eigenvalue weighted by atomic mass is 10.5. The molecule has 1 heterocycles. The first-order valence-corrected chi connectivity index (χ1v) is 4.61. The number of nitrogens with zero attached hydrogens (tertiary/aromatic N) is 2. The molecule has 0 bridgehead atoms. The van der Waals surface area contributed by atoms with Gasteiger partial charge >= 0.3 is 0 Å². The minimum atomic E-state index is 0.641. The van der Waals surface area contributed by atoms with Crippen molar-refractivity contribution in [1.82, 2.24) is 9.78 Å². The fourth-order valence-electron chi connectivity index (χ4n) is 0.837. The summed E-state index contributed by atoms with van der Waals surface area (Å²) >= 11 is 5.50. The van der Waals surface area contributed by atoms with Gasteiger partial charge < -0.3 is 4.74 Å². The quantitative estimate of drug-likeness (QED) is 0.522. The van der Waals surface area contributed by atoms with Crippen LogP contribution in [0.2, 0.25) is 0 Å². The van der Waals surface area contributed by atoms with Crippen LogP contribution in [0.25, 0.3) is 0 Å². The minimum Gasteiger partial charge on any atom is -0.490 e. The summed E-state index contributed by atoms with van der Waals surface area (Å²) < 4.78 is 7.19. The molecule has 0 N–H and O–H groups in total. The van der Waals surface area contributed by atoms with Crippen molar-refractivity contribution < 1.29 is 4.74 Å². The van der Waals surface area contributed by atoms with E-state index in [2.05, 4.69) is 5.10 Å². The van der Waals surface area contributed by atoms with Gasteiger partial charge in [0.1, 0.15) is 0 Å². The topological polar surface area (TPSA) is 27.1 Å². The van der Waals surface area contributed by atoms with E-state index in [0.29, 0.717) is 12.5 Å². The van der Waals surface area contributed by atoms with Crippen molar-refractivity contribution in [3.05, 3.63) is 12.4 Å². The van der Waals surface area contributed by atoms with E-state index in [9.17, 15) is 0 Å². The van der Waals surface area contributed by atoms with Crippen LogP contribution in [-0.2, 0) is 6.54 Å². The Morgan fingerprint density at radius 1 is 1.67 bits per heavy atom. The molecule has 0 unspecified atom stereocenters. The van der Waals surface area contributed by atoms with Crippen LogP contribution in [0, 0.1) is 0 Å². The monoisotopic (exact) mass is 188 g/mol. The van der Waals surface area contributed by atoms with Crippen LogP contribution < -0.4 is 4.74 Å². The molecule has 68 valence electrons. The number of aryl methyl sites for hydroxylation is 1. The molecule has 0 aliphatic rings. The smallest absolute Gasteiger partial charge is 0.157 e. The lowest BCUT2D eigenvalue weighted by Gasteiger charge is -1.99. The first-order chi connectivity index (χ1) is 5.86. The normalized spacial score (nSPS) is 10.2. The van der Waals surface area contributed by atoms with E-state index < -0.39 is 0 Å². The highest BCUT2D eigenvalue weighted by molar-refractivity contribution is 6.17. The van der Waals surface area contributed by atoms with E-state index in [1.807, 2.05) is 17.8 Å². The van der Waals surface area contributed by atoms with Gasteiger partial charge in [-0.2, -0.15) is 5.10 Å². The van der Waals surface area contributed by atoms with Crippen LogP contribution in [0.1, 0.15) is 13.3 Å². The third kappa shape index (κ3) is 2.74. The highest BCUT2D eigenvalue weighted by Gasteiger charge is 1.96. The van der Waals surface area contributed by atoms with Crippen LogP contribution in [0.4, 0.5) is 0 Å². The van der Waals surface area contributed by atoms with Crippen molar-refractivity contribution in [3.63, 3.8) is 0 Å². The molecule has 0 aromatic carbocycles. The Hall–Kier alpha value is -0.700. The van der Waals surface area contributed by atoms with E-state index in [1.165, 1.54) is 0 Å². The van der Waals surface area contributed by atoms with E-state index in [4.69, 9.17) is 16.3 Å². The molecular formula is C8H13ClN2O. The van der Waals surface area contributed by atoms with Gasteiger partial charge in [0, 0.05) is 12.4 Å². The Bertz CT molecular complexity index is 225. The van der Waals surface area contributed by atoms with Gasteiger partial charge in [0.25, 0.3) is 0 Å². The fourth-order valence-corrected chi connectivity index (χ4v) is 0.946. The second kappa shape index (κ2) is 5.04. The Kier molecular flexibility index (Phi) is 3.94. The van der Waals surface area contributed by atoms with Crippen molar-refractivity contribution in [2.24, 2.45) is 0 Å². The van der Waals surface area contributed by atoms with Crippen LogP contribution in [0.3, 0.4) is 0 Å². The number of ether oxygens (including phenoxy) is 1. The minimum absolute atomic E-state index is 0.641. The highest BCUT2D eigenvalue weighted by atomic mass is 35.5. The lowest BCUT2D eigenvalue weighted by molar-refractivity contribution is 0.318. The molecule has 1 aromatic heterocycles. The summed E-state index contributed by atoms with van der Waals surface area (Å²) in [5.74, 6) is 1.46. The van der Waals surface area contributed by atoms with Crippen LogP contribution in [0.15, 0.2) is 12.4 Å². The van der Waals surface area contributed by atoms with E-state index in [0.717, 1.165) is 18.7 Å². The van der Waals surface area contributed by atoms with Gasteiger partial charge in [0.05, 0.1) is 19.0 Å². The molecule has 0 saturated carbocycles. The molecule has 12 heavy (non-hydrogen) atoms. The highest BCUT2D eigenvalue weighted by Crippen LogP contribution is 2.07. The predicted molar refractivity (Wildman–Crippen MR) is 48.7 cm³/mol. The Labute approximate surface area is 77.3 Å². The van der Waals surface area contributed by atoms with Crippen LogP contribution in [0.5, 0.6) is 5.75 Å². The predicted octanol–water partition coefficient (Wildman–Crippen LogP) is 1.91. The van der Waals surface area contributed by atoms with Gasteiger partial charge in [-0.3, -0.25) is 4.68 Å². The van der Waals surface area contributed by atoms with Crippen molar-refractivity contribution in [2.75, 3.05) is 12.5 Å². The van der Waals surface area contributed by atoms with Crippen LogP contribution >= 0.6 is 11.6 Å². The standard InChI is InChI=1S/C8H13ClN2O/c1-2-11-7-8(6-10-11)12-5-3-4-9/h6-7H,2-5H2,1H3. The van der Waals surface area contributed by atoms with Gasteiger partial charge in [0.2, 0.25) is 0 Å². The zero-order valence-corrected chi connectivity index (χ0v) is 7.92. The molecule has 0 amide bonds. The molecule has 0 radical (unpaired) electrons. The summed E-state index contributed by atoms with van der Waals surface area (Å²) in [6.07, 6.45) is 4.48. The Morgan fingerprint density at radius 3 is 3.08 bits per heavy atom. The number of aromatic nitrogens is 2. The summed E-state index contributed by atoms with van der Waals surface area (Å²) in [4.78, 5) is 0. The molecule has 1 aromatic rings. The number of alkyl halides is 1. The number of hydrogen-bond donors (Lipinski definition) is 0. The summed E-state index contributed by atoms with van der Waals surface area (Å²) in [6, 6.07) is 0.